The first-order valence-corrected chi connectivity index (χ1v) is 9.59. The second kappa shape index (κ2) is 10.2. The number of hydroxylamine groups is 1. The molecule has 3 rings (SSSR count). The minimum atomic E-state index is -0.338. The summed E-state index contributed by atoms with van der Waals surface area (Å²) in [4.78, 5) is 30.1. The number of carbonyl (C=O) groups excluding carboxylic acids is 2. The largest absolute Gasteiger partial charge is 0.326 e. The summed E-state index contributed by atoms with van der Waals surface area (Å²) < 4.78 is 0. The lowest BCUT2D eigenvalue weighted by molar-refractivity contribution is -0.117. The summed E-state index contributed by atoms with van der Waals surface area (Å²) in [5, 5.41) is 2.92. The van der Waals surface area contributed by atoms with Gasteiger partial charge < -0.3 is 5.32 Å². The van der Waals surface area contributed by atoms with Gasteiger partial charge in [-0.1, -0.05) is 67.6 Å². The van der Waals surface area contributed by atoms with Crippen molar-refractivity contribution >= 4 is 17.5 Å². The highest BCUT2D eigenvalue weighted by atomic mass is 16.6. The Balaban J connectivity index is 1.53. The molecule has 0 radical (unpaired) electrons. The van der Waals surface area contributed by atoms with Gasteiger partial charge in [-0.2, -0.15) is 0 Å². The summed E-state index contributed by atoms with van der Waals surface area (Å²) >= 11 is 0. The van der Waals surface area contributed by atoms with Crippen LogP contribution in [-0.4, -0.2) is 11.8 Å². The summed E-state index contributed by atoms with van der Waals surface area (Å²) in [6, 6.07) is 26.0. The first kappa shape index (κ1) is 20.3. The molecular formula is C24H24N2O3. The third kappa shape index (κ3) is 5.77. The van der Waals surface area contributed by atoms with E-state index in [4.69, 9.17) is 4.84 Å². The topological polar surface area (TPSA) is 67.4 Å². The Hall–Kier alpha value is -3.44. The summed E-state index contributed by atoms with van der Waals surface area (Å²) in [7, 11) is 0. The Labute approximate surface area is 170 Å². The number of hydrogen-bond acceptors (Lipinski definition) is 3. The smallest absolute Gasteiger partial charge is 0.274 e. The zero-order valence-corrected chi connectivity index (χ0v) is 16.3. The molecule has 5 nitrogen and oxygen atoms in total. The van der Waals surface area contributed by atoms with Crippen LogP contribution in [0.4, 0.5) is 5.69 Å². The van der Waals surface area contributed by atoms with Crippen molar-refractivity contribution in [1.29, 1.82) is 0 Å². The van der Waals surface area contributed by atoms with Crippen LogP contribution in [0.2, 0.25) is 0 Å². The third-order valence-corrected chi connectivity index (χ3v) is 4.59. The molecule has 0 bridgehead atoms. The Kier molecular flexibility index (Phi) is 7.14. The van der Waals surface area contributed by atoms with Crippen LogP contribution < -0.4 is 10.8 Å². The fourth-order valence-corrected chi connectivity index (χ4v) is 3.01. The van der Waals surface area contributed by atoms with Crippen molar-refractivity contribution in [2.45, 2.75) is 25.9 Å². The van der Waals surface area contributed by atoms with Crippen molar-refractivity contribution in [2.75, 3.05) is 5.32 Å². The van der Waals surface area contributed by atoms with Crippen molar-refractivity contribution in [3.63, 3.8) is 0 Å². The number of benzene rings is 3. The van der Waals surface area contributed by atoms with Crippen molar-refractivity contribution in [1.82, 2.24) is 5.48 Å². The highest BCUT2D eigenvalue weighted by molar-refractivity contribution is 5.97. The van der Waals surface area contributed by atoms with E-state index in [0.717, 1.165) is 11.1 Å². The van der Waals surface area contributed by atoms with E-state index in [1.165, 1.54) is 0 Å². The monoisotopic (exact) mass is 388 g/mol. The molecule has 0 heterocycles. The summed E-state index contributed by atoms with van der Waals surface area (Å²) in [5.74, 6) is -0.623. The van der Waals surface area contributed by atoms with Gasteiger partial charge in [-0.15, -0.1) is 0 Å². The molecule has 3 aromatic rings. The van der Waals surface area contributed by atoms with Gasteiger partial charge in [0.2, 0.25) is 5.91 Å². The van der Waals surface area contributed by atoms with Gasteiger partial charge in [0.15, 0.2) is 0 Å². The molecular weight excluding hydrogens is 364 g/mol. The lowest BCUT2D eigenvalue weighted by Crippen LogP contribution is -2.23. The quantitative estimate of drug-likeness (QED) is 0.551. The van der Waals surface area contributed by atoms with E-state index in [2.05, 4.69) is 10.8 Å². The lowest BCUT2D eigenvalue weighted by Gasteiger charge is -2.15. The number of hydrogen-bond donors (Lipinski definition) is 2. The first-order chi connectivity index (χ1) is 14.2. The fraction of sp³-hybridized carbons (Fsp3) is 0.167. The maximum Gasteiger partial charge on any atom is 0.274 e. The van der Waals surface area contributed by atoms with E-state index in [1.54, 1.807) is 24.3 Å². The van der Waals surface area contributed by atoms with Gasteiger partial charge in [0.25, 0.3) is 5.91 Å². The highest BCUT2D eigenvalue weighted by Gasteiger charge is 2.18. The van der Waals surface area contributed by atoms with Crippen LogP contribution in [0.1, 0.15) is 40.7 Å². The molecule has 0 aliphatic carbocycles. The van der Waals surface area contributed by atoms with Gasteiger partial charge in [-0.05, 0) is 41.8 Å². The molecule has 0 aliphatic heterocycles. The normalized spacial score (nSPS) is 11.5. The number of anilines is 1. The number of carbonyl (C=O) groups is 2. The van der Waals surface area contributed by atoms with E-state index in [9.17, 15) is 9.59 Å². The second-order valence-electron chi connectivity index (χ2n) is 6.64. The molecule has 0 fully saturated rings. The lowest BCUT2D eigenvalue weighted by atomic mass is 9.95. The van der Waals surface area contributed by atoms with Gasteiger partial charge >= 0.3 is 0 Å². The van der Waals surface area contributed by atoms with E-state index in [-0.39, 0.29) is 17.7 Å². The van der Waals surface area contributed by atoms with E-state index in [1.807, 2.05) is 67.6 Å². The van der Waals surface area contributed by atoms with Gasteiger partial charge in [0, 0.05) is 11.3 Å². The Bertz CT molecular complexity index is 925. The molecule has 0 saturated heterocycles. The molecule has 148 valence electrons. The molecule has 0 aliphatic rings. The van der Waals surface area contributed by atoms with Crippen LogP contribution in [0, 0.1) is 0 Å². The predicted molar refractivity (Wildman–Crippen MR) is 113 cm³/mol. The molecule has 0 unspecified atom stereocenters. The van der Waals surface area contributed by atoms with E-state index >= 15 is 0 Å². The van der Waals surface area contributed by atoms with Gasteiger partial charge in [-0.3, -0.25) is 14.4 Å². The van der Waals surface area contributed by atoms with Gasteiger partial charge in [0.05, 0.1) is 12.5 Å². The molecule has 2 amide bonds. The third-order valence-electron chi connectivity index (χ3n) is 4.59. The Morgan fingerprint density at radius 1 is 0.862 bits per heavy atom. The predicted octanol–water partition coefficient (Wildman–Crippen LogP) is 4.68. The minimum Gasteiger partial charge on any atom is -0.326 e. The van der Waals surface area contributed by atoms with Crippen molar-refractivity contribution in [3.8, 4) is 0 Å². The average molecular weight is 388 g/mol. The Morgan fingerprint density at radius 2 is 1.48 bits per heavy atom. The summed E-state index contributed by atoms with van der Waals surface area (Å²) in [6.07, 6.45) is 0.703. The molecule has 0 saturated carbocycles. The fourth-order valence-electron chi connectivity index (χ4n) is 3.01. The maximum atomic E-state index is 12.6. The second-order valence-corrected chi connectivity index (χ2v) is 6.64. The van der Waals surface area contributed by atoms with Gasteiger partial charge in [-0.25, -0.2) is 5.48 Å². The average Bonchev–Trinajstić information content (AvgIpc) is 2.76. The minimum absolute atomic E-state index is 0.0675. The van der Waals surface area contributed by atoms with E-state index < -0.39 is 0 Å². The maximum absolute atomic E-state index is 12.6. The molecule has 2 N–H and O–H groups in total. The first-order valence-electron chi connectivity index (χ1n) is 9.59. The van der Waals surface area contributed by atoms with Crippen LogP contribution in [0.25, 0.3) is 0 Å². The van der Waals surface area contributed by atoms with Crippen LogP contribution in [-0.2, 0) is 16.2 Å². The van der Waals surface area contributed by atoms with Crippen molar-refractivity contribution < 1.29 is 14.4 Å². The highest BCUT2D eigenvalue weighted by Crippen LogP contribution is 2.21. The number of nitrogens with one attached hydrogen (secondary N) is 2. The van der Waals surface area contributed by atoms with E-state index in [0.29, 0.717) is 24.3 Å². The zero-order chi connectivity index (χ0) is 20.5. The molecule has 0 spiro atoms. The standard InChI is InChI=1S/C24H24N2O3/c1-2-22(19-11-7-4-8-12-19)24(28)25-21-15-13-20(14-16-21)23(27)26-29-17-18-9-5-3-6-10-18/h3-16,22H,2,17H2,1H3,(H,25,28)(H,26,27)/t22-/m1/s1. The molecule has 3 aromatic carbocycles. The van der Waals surface area contributed by atoms with Crippen LogP contribution in [0.3, 0.4) is 0 Å². The zero-order valence-electron chi connectivity index (χ0n) is 16.3. The SMILES string of the molecule is CC[C@@H](C(=O)Nc1ccc(C(=O)NOCc2ccccc2)cc1)c1ccccc1. The van der Waals surface area contributed by atoms with Crippen molar-refractivity contribution in [2.24, 2.45) is 0 Å². The van der Waals surface area contributed by atoms with Gasteiger partial charge in [0.1, 0.15) is 0 Å². The molecule has 1 atom stereocenters. The Morgan fingerprint density at radius 3 is 2.10 bits per heavy atom. The molecule has 0 aromatic heterocycles. The van der Waals surface area contributed by atoms with Crippen LogP contribution >= 0.6 is 0 Å². The molecule has 5 heteroatoms. The number of amides is 2. The van der Waals surface area contributed by atoms with Crippen LogP contribution in [0.5, 0.6) is 0 Å². The van der Waals surface area contributed by atoms with Crippen molar-refractivity contribution in [3.05, 3.63) is 102 Å². The molecule has 29 heavy (non-hydrogen) atoms. The van der Waals surface area contributed by atoms with Crippen LogP contribution in [0.15, 0.2) is 84.9 Å². The summed E-state index contributed by atoms with van der Waals surface area (Å²) in [5.41, 5.74) is 5.48. The summed E-state index contributed by atoms with van der Waals surface area (Å²) in [6.45, 7) is 2.28. The number of rotatable bonds is 8.